The van der Waals surface area contributed by atoms with E-state index >= 15 is 0 Å². The number of hydrazine groups is 1. The molecule has 1 aromatic rings. The van der Waals surface area contributed by atoms with Gasteiger partial charge < -0.3 is 4.74 Å². The quantitative estimate of drug-likeness (QED) is 0.601. The lowest BCUT2D eigenvalue weighted by molar-refractivity contribution is 0.00684. The van der Waals surface area contributed by atoms with Crippen LogP contribution < -0.4 is 11.3 Å². The maximum absolute atomic E-state index is 5.58. The zero-order valence-electron chi connectivity index (χ0n) is 9.83. The van der Waals surface area contributed by atoms with Crippen LogP contribution in [0.3, 0.4) is 0 Å². The monoisotopic (exact) mass is 228 g/mol. The third-order valence-electron chi connectivity index (χ3n) is 2.60. The highest BCUT2D eigenvalue weighted by atomic mass is 32.1. The summed E-state index contributed by atoms with van der Waals surface area (Å²) in [5.41, 5.74) is 3.93. The third-order valence-corrected chi connectivity index (χ3v) is 3.48. The zero-order chi connectivity index (χ0) is 11.5. The van der Waals surface area contributed by atoms with Gasteiger partial charge in [-0.1, -0.05) is 0 Å². The number of hydrogen-bond donors (Lipinski definition) is 2. The van der Waals surface area contributed by atoms with Gasteiger partial charge in [-0.05, 0) is 44.2 Å². The SMILES string of the molecule is COC(C)(C)CC(NN)c1csc(C)c1. The molecule has 0 aromatic carbocycles. The molecule has 3 nitrogen and oxygen atoms in total. The van der Waals surface area contributed by atoms with Crippen molar-refractivity contribution in [3.8, 4) is 0 Å². The van der Waals surface area contributed by atoms with Gasteiger partial charge in [-0.3, -0.25) is 11.3 Å². The minimum absolute atomic E-state index is 0.157. The van der Waals surface area contributed by atoms with Crippen molar-refractivity contribution in [2.24, 2.45) is 5.84 Å². The number of rotatable bonds is 5. The fourth-order valence-corrected chi connectivity index (χ4v) is 2.25. The maximum Gasteiger partial charge on any atom is 0.0641 e. The number of thiophene rings is 1. The third kappa shape index (κ3) is 3.57. The highest BCUT2D eigenvalue weighted by Crippen LogP contribution is 2.28. The fraction of sp³-hybridized carbons (Fsp3) is 0.636. The van der Waals surface area contributed by atoms with Gasteiger partial charge in [0.15, 0.2) is 0 Å². The number of aryl methyl sites for hydroxylation is 1. The highest BCUT2D eigenvalue weighted by Gasteiger charge is 2.23. The van der Waals surface area contributed by atoms with Crippen molar-refractivity contribution in [1.29, 1.82) is 0 Å². The van der Waals surface area contributed by atoms with Crippen molar-refractivity contribution in [1.82, 2.24) is 5.43 Å². The van der Waals surface area contributed by atoms with Gasteiger partial charge in [-0.25, -0.2) is 0 Å². The van der Waals surface area contributed by atoms with Crippen molar-refractivity contribution in [3.05, 3.63) is 21.9 Å². The molecule has 0 radical (unpaired) electrons. The Kier molecular flexibility index (Phi) is 4.28. The van der Waals surface area contributed by atoms with Gasteiger partial charge in [-0.15, -0.1) is 11.3 Å². The number of nitrogens with two attached hydrogens (primary N) is 1. The molecule has 0 spiro atoms. The van der Waals surface area contributed by atoms with Crippen LogP contribution in [-0.2, 0) is 4.74 Å². The van der Waals surface area contributed by atoms with E-state index in [1.165, 1.54) is 10.4 Å². The Labute approximate surface area is 95.6 Å². The maximum atomic E-state index is 5.58. The van der Waals surface area contributed by atoms with E-state index in [4.69, 9.17) is 10.6 Å². The van der Waals surface area contributed by atoms with Gasteiger partial charge in [0, 0.05) is 18.0 Å². The molecule has 0 fully saturated rings. The minimum Gasteiger partial charge on any atom is -0.379 e. The molecule has 1 aromatic heterocycles. The topological polar surface area (TPSA) is 47.3 Å². The van der Waals surface area contributed by atoms with Crippen molar-refractivity contribution in [3.63, 3.8) is 0 Å². The van der Waals surface area contributed by atoms with Crippen LogP contribution in [-0.4, -0.2) is 12.7 Å². The van der Waals surface area contributed by atoms with E-state index in [1.807, 2.05) is 0 Å². The molecule has 1 rings (SSSR count). The summed E-state index contributed by atoms with van der Waals surface area (Å²) < 4.78 is 5.41. The molecule has 0 saturated heterocycles. The van der Waals surface area contributed by atoms with Gasteiger partial charge >= 0.3 is 0 Å². The lowest BCUT2D eigenvalue weighted by Crippen LogP contribution is -2.35. The molecule has 4 heteroatoms. The molecule has 0 aliphatic rings. The molecule has 1 unspecified atom stereocenters. The second kappa shape index (κ2) is 5.07. The van der Waals surface area contributed by atoms with Crippen molar-refractivity contribution in [2.75, 3.05) is 7.11 Å². The van der Waals surface area contributed by atoms with Crippen LogP contribution in [0.15, 0.2) is 11.4 Å². The standard InChI is InChI=1S/C11H20N2OS/c1-8-5-9(7-15-8)10(13-12)6-11(2,3)14-4/h5,7,10,13H,6,12H2,1-4H3. The summed E-state index contributed by atoms with van der Waals surface area (Å²) in [5, 5.41) is 2.14. The molecule has 0 saturated carbocycles. The lowest BCUT2D eigenvalue weighted by Gasteiger charge is -2.27. The predicted octanol–water partition coefficient (Wildman–Crippen LogP) is 2.38. The van der Waals surface area contributed by atoms with E-state index < -0.39 is 0 Å². The molecule has 0 aliphatic carbocycles. The number of nitrogens with one attached hydrogen (secondary N) is 1. The fourth-order valence-electron chi connectivity index (χ4n) is 1.49. The summed E-state index contributed by atoms with van der Waals surface area (Å²) in [4.78, 5) is 1.31. The Balaban J connectivity index is 2.72. The summed E-state index contributed by atoms with van der Waals surface area (Å²) >= 11 is 1.75. The second-order valence-electron chi connectivity index (χ2n) is 4.38. The molecule has 0 amide bonds. The second-order valence-corrected chi connectivity index (χ2v) is 5.49. The summed E-state index contributed by atoms with van der Waals surface area (Å²) in [7, 11) is 1.73. The number of hydrogen-bond acceptors (Lipinski definition) is 4. The van der Waals surface area contributed by atoms with Crippen molar-refractivity contribution < 1.29 is 4.74 Å². The van der Waals surface area contributed by atoms with Crippen LogP contribution in [0.2, 0.25) is 0 Å². The van der Waals surface area contributed by atoms with Crippen molar-refractivity contribution in [2.45, 2.75) is 38.8 Å². The summed E-state index contributed by atoms with van der Waals surface area (Å²) in [6, 6.07) is 2.32. The first kappa shape index (κ1) is 12.6. The molecule has 86 valence electrons. The first-order chi connectivity index (χ1) is 6.98. The summed E-state index contributed by atoms with van der Waals surface area (Å²) in [6.07, 6.45) is 0.857. The minimum atomic E-state index is -0.160. The molecule has 1 heterocycles. The number of ether oxygens (including phenoxy) is 1. The van der Waals surface area contributed by atoms with Crippen molar-refractivity contribution >= 4 is 11.3 Å². The van der Waals surface area contributed by atoms with Crippen LogP contribution in [0.4, 0.5) is 0 Å². The first-order valence-electron chi connectivity index (χ1n) is 5.05. The molecule has 3 N–H and O–H groups in total. The van der Waals surface area contributed by atoms with Crippen LogP contribution >= 0.6 is 11.3 Å². The molecule has 1 atom stereocenters. The van der Waals surface area contributed by atoms with Gasteiger partial charge in [-0.2, -0.15) is 0 Å². The number of methoxy groups -OCH3 is 1. The molecule has 0 bridgehead atoms. The van der Waals surface area contributed by atoms with E-state index in [2.05, 4.69) is 37.6 Å². The Bertz CT molecular complexity index is 309. The smallest absolute Gasteiger partial charge is 0.0641 e. The van der Waals surface area contributed by atoms with Crippen LogP contribution in [0.5, 0.6) is 0 Å². The van der Waals surface area contributed by atoms with E-state index in [-0.39, 0.29) is 11.6 Å². The normalized spacial score (nSPS) is 14.2. The zero-order valence-corrected chi connectivity index (χ0v) is 10.6. The van der Waals surface area contributed by atoms with Gasteiger partial charge in [0.05, 0.1) is 5.60 Å². The Hall–Kier alpha value is -0.420. The Morgan fingerprint density at radius 2 is 2.27 bits per heavy atom. The largest absolute Gasteiger partial charge is 0.379 e. The molecule has 15 heavy (non-hydrogen) atoms. The van der Waals surface area contributed by atoms with E-state index in [1.54, 1.807) is 18.4 Å². The van der Waals surface area contributed by atoms with Crippen LogP contribution in [0.25, 0.3) is 0 Å². The van der Waals surface area contributed by atoms with Crippen LogP contribution in [0, 0.1) is 6.92 Å². The van der Waals surface area contributed by atoms with Gasteiger partial charge in [0.2, 0.25) is 0 Å². The summed E-state index contributed by atoms with van der Waals surface area (Å²) in [5.74, 6) is 5.58. The van der Waals surface area contributed by atoms with E-state index in [0.717, 1.165) is 6.42 Å². The summed E-state index contributed by atoms with van der Waals surface area (Å²) in [6.45, 7) is 6.23. The predicted molar refractivity (Wildman–Crippen MR) is 64.8 cm³/mol. The molecular weight excluding hydrogens is 208 g/mol. The van der Waals surface area contributed by atoms with Gasteiger partial charge in [0.25, 0.3) is 0 Å². The average Bonchev–Trinajstić information content (AvgIpc) is 2.61. The van der Waals surface area contributed by atoms with Crippen LogP contribution in [0.1, 0.15) is 36.8 Å². The Morgan fingerprint density at radius 3 is 2.67 bits per heavy atom. The van der Waals surface area contributed by atoms with E-state index in [9.17, 15) is 0 Å². The van der Waals surface area contributed by atoms with Gasteiger partial charge in [0.1, 0.15) is 0 Å². The van der Waals surface area contributed by atoms with E-state index in [0.29, 0.717) is 0 Å². The molecular formula is C11H20N2OS. The Morgan fingerprint density at radius 1 is 1.60 bits per heavy atom. The molecule has 0 aliphatic heterocycles. The lowest BCUT2D eigenvalue weighted by atomic mass is 9.95. The first-order valence-corrected chi connectivity index (χ1v) is 5.93. The average molecular weight is 228 g/mol. The highest BCUT2D eigenvalue weighted by molar-refractivity contribution is 7.10.